The molecule has 0 atom stereocenters. The van der Waals surface area contributed by atoms with Crippen LogP contribution in [0.3, 0.4) is 0 Å². The van der Waals surface area contributed by atoms with Crippen LogP contribution in [0.1, 0.15) is 20.8 Å². The number of rotatable bonds is 3. The monoisotopic (exact) mass is 326 g/mol. The smallest absolute Gasteiger partial charge is 0.332 e. The summed E-state index contributed by atoms with van der Waals surface area (Å²) in [4.78, 5) is 40.2. The van der Waals surface area contributed by atoms with E-state index in [0.717, 1.165) is 15.3 Å². The van der Waals surface area contributed by atoms with Gasteiger partial charge in [0.25, 0.3) is 5.56 Å². The Morgan fingerprint density at radius 2 is 1.79 bits per heavy atom. The molecule has 6 nitrogen and oxygen atoms in total. The van der Waals surface area contributed by atoms with Gasteiger partial charge >= 0.3 is 11.7 Å². The number of aromatic amines is 1. The van der Waals surface area contributed by atoms with Crippen LogP contribution in [0.2, 0.25) is 0 Å². The Labute approximate surface area is 137 Å². The minimum Gasteiger partial charge on any atom is -0.464 e. The summed E-state index contributed by atoms with van der Waals surface area (Å²) in [6.07, 6.45) is 0. The maximum absolute atomic E-state index is 12.9. The second-order valence-electron chi connectivity index (χ2n) is 6.10. The van der Waals surface area contributed by atoms with Gasteiger partial charge in [0.15, 0.2) is 0 Å². The van der Waals surface area contributed by atoms with Gasteiger partial charge in [-0.05, 0) is 43.7 Å². The van der Waals surface area contributed by atoms with Crippen molar-refractivity contribution < 1.29 is 9.53 Å². The average Bonchev–Trinajstić information content (AvgIpc) is 2.53. The maximum atomic E-state index is 12.9. The largest absolute Gasteiger partial charge is 0.464 e. The summed E-state index contributed by atoms with van der Waals surface area (Å²) in [6.45, 7) is 4.84. The van der Waals surface area contributed by atoms with Gasteiger partial charge in [-0.1, -0.05) is 24.3 Å². The molecule has 0 aliphatic carbocycles. The van der Waals surface area contributed by atoms with Crippen LogP contribution >= 0.6 is 0 Å². The molecule has 0 saturated carbocycles. The molecule has 1 aromatic heterocycles. The van der Waals surface area contributed by atoms with Gasteiger partial charge in [0.1, 0.15) is 5.54 Å². The molecule has 124 valence electrons. The molecule has 6 heteroatoms. The lowest BCUT2D eigenvalue weighted by atomic mass is 10.0. The topological polar surface area (TPSA) is 81.2 Å². The second-order valence-corrected chi connectivity index (χ2v) is 6.10. The second kappa shape index (κ2) is 5.63. The lowest BCUT2D eigenvalue weighted by Gasteiger charge is -2.24. The van der Waals surface area contributed by atoms with Crippen molar-refractivity contribution in [2.75, 3.05) is 6.61 Å². The number of carbonyl (C=O) groups is 1. The van der Waals surface area contributed by atoms with E-state index in [1.54, 1.807) is 19.1 Å². The van der Waals surface area contributed by atoms with E-state index in [-0.39, 0.29) is 6.61 Å². The number of nitrogens with zero attached hydrogens (tertiary/aromatic N) is 1. The third-order valence-electron chi connectivity index (χ3n) is 4.10. The molecule has 0 amide bonds. The number of H-pyrrole nitrogens is 1. The number of ether oxygens (including phenoxy) is 1. The number of hydrogen-bond donors (Lipinski definition) is 1. The lowest BCUT2D eigenvalue weighted by Crippen LogP contribution is -2.51. The minimum absolute atomic E-state index is 0.174. The zero-order valence-corrected chi connectivity index (χ0v) is 13.8. The van der Waals surface area contributed by atoms with Gasteiger partial charge < -0.3 is 9.72 Å². The first-order chi connectivity index (χ1) is 11.4. The Bertz CT molecular complexity index is 1060. The number of esters is 1. The molecule has 0 aliphatic rings. The van der Waals surface area contributed by atoms with Crippen molar-refractivity contribution in [1.29, 1.82) is 0 Å². The zero-order valence-electron chi connectivity index (χ0n) is 13.8. The van der Waals surface area contributed by atoms with E-state index >= 15 is 0 Å². The highest BCUT2D eigenvalue weighted by Gasteiger charge is 2.34. The van der Waals surface area contributed by atoms with Gasteiger partial charge in [-0.15, -0.1) is 0 Å². The molecule has 0 radical (unpaired) electrons. The molecule has 24 heavy (non-hydrogen) atoms. The third-order valence-corrected chi connectivity index (χ3v) is 4.10. The Morgan fingerprint density at radius 1 is 1.17 bits per heavy atom. The summed E-state index contributed by atoms with van der Waals surface area (Å²) < 4.78 is 5.92. The Hall–Kier alpha value is -2.89. The summed E-state index contributed by atoms with van der Waals surface area (Å²) >= 11 is 0. The van der Waals surface area contributed by atoms with Crippen LogP contribution in [0.15, 0.2) is 46.0 Å². The van der Waals surface area contributed by atoms with Crippen molar-refractivity contribution in [1.82, 2.24) is 9.55 Å². The summed E-state index contributed by atoms with van der Waals surface area (Å²) in [7, 11) is 0. The number of benzene rings is 2. The van der Waals surface area contributed by atoms with Crippen LogP contribution in [0.4, 0.5) is 0 Å². The normalized spacial score (nSPS) is 11.8. The fourth-order valence-electron chi connectivity index (χ4n) is 2.81. The molecule has 0 unspecified atom stereocenters. The molecular weight excluding hydrogens is 308 g/mol. The highest BCUT2D eigenvalue weighted by Crippen LogP contribution is 2.20. The van der Waals surface area contributed by atoms with Gasteiger partial charge in [-0.2, -0.15) is 0 Å². The first-order valence-electron chi connectivity index (χ1n) is 7.72. The highest BCUT2D eigenvalue weighted by molar-refractivity contribution is 5.96. The van der Waals surface area contributed by atoms with Crippen LogP contribution < -0.4 is 11.2 Å². The summed E-state index contributed by atoms with van der Waals surface area (Å²) in [6, 6.07) is 11.0. The molecule has 0 aliphatic heterocycles. The summed E-state index contributed by atoms with van der Waals surface area (Å²) in [5, 5.41) is 2.16. The van der Waals surface area contributed by atoms with Crippen LogP contribution in [0.5, 0.6) is 0 Å². The number of nitrogens with one attached hydrogen (secondary N) is 1. The van der Waals surface area contributed by atoms with Gasteiger partial charge in [0, 0.05) is 0 Å². The van der Waals surface area contributed by atoms with Crippen molar-refractivity contribution in [3.8, 4) is 0 Å². The van der Waals surface area contributed by atoms with E-state index in [2.05, 4.69) is 4.98 Å². The van der Waals surface area contributed by atoms with E-state index in [9.17, 15) is 14.4 Å². The Balaban J connectivity index is 2.34. The standard InChI is InChI=1S/C18H18N2O4/c1-4-24-16(22)18(2,3)20-15(21)13-9-11-7-5-6-8-12(11)10-14(13)19-17(20)23/h5-10H,4H2,1-3H3,(H,19,23). The minimum atomic E-state index is -1.40. The summed E-state index contributed by atoms with van der Waals surface area (Å²) in [5.74, 6) is -0.627. The number of aromatic nitrogens is 2. The molecule has 2 aromatic carbocycles. The van der Waals surface area contributed by atoms with Crippen LogP contribution in [0.25, 0.3) is 21.7 Å². The third kappa shape index (κ3) is 2.40. The van der Waals surface area contributed by atoms with E-state index in [1.807, 2.05) is 24.3 Å². The van der Waals surface area contributed by atoms with Gasteiger partial charge in [0.2, 0.25) is 0 Å². The maximum Gasteiger partial charge on any atom is 0.332 e. The van der Waals surface area contributed by atoms with Crippen LogP contribution in [-0.4, -0.2) is 22.1 Å². The first-order valence-corrected chi connectivity index (χ1v) is 7.72. The highest BCUT2D eigenvalue weighted by atomic mass is 16.5. The lowest BCUT2D eigenvalue weighted by molar-refractivity contribution is -0.152. The van der Waals surface area contributed by atoms with E-state index in [1.165, 1.54) is 13.8 Å². The quantitative estimate of drug-likeness (QED) is 0.590. The molecule has 0 bridgehead atoms. The predicted octanol–water partition coefficient (Wildman–Crippen LogP) is 2.14. The van der Waals surface area contributed by atoms with Crippen molar-refractivity contribution in [3.05, 3.63) is 57.2 Å². The fourth-order valence-corrected chi connectivity index (χ4v) is 2.81. The van der Waals surface area contributed by atoms with Crippen molar-refractivity contribution in [2.24, 2.45) is 0 Å². The molecule has 0 saturated heterocycles. The Kier molecular flexibility index (Phi) is 3.75. The number of carbonyl (C=O) groups excluding carboxylic acids is 1. The van der Waals surface area contributed by atoms with Crippen LogP contribution in [-0.2, 0) is 15.1 Å². The van der Waals surface area contributed by atoms with Crippen molar-refractivity contribution in [3.63, 3.8) is 0 Å². The molecule has 3 aromatic rings. The van der Waals surface area contributed by atoms with Crippen molar-refractivity contribution >= 4 is 27.6 Å². The fraction of sp³-hybridized carbons (Fsp3) is 0.278. The first kappa shape index (κ1) is 16.0. The van der Waals surface area contributed by atoms with E-state index in [4.69, 9.17) is 4.74 Å². The van der Waals surface area contributed by atoms with Crippen LogP contribution in [0, 0.1) is 0 Å². The van der Waals surface area contributed by atoms with E-state index < -0.39 is 22.8 Å². The predicted molar refractivity (Wildman–Crippen MR) is 92.3 cm³/mol. The number of hydrogen-bond acceptors (Lipinski definition) is 4. The van der Waals surface area contributed by atoms with Gasteiger partial charge in [0.05, 0.1) is 17.5 Å². The van der Waals surface area contributed by atoms with E-state index in [0.29, 0.717) is 10.9 Å². The van der Waals surface area contributed by atoms with Gasteiger partial charge in [-0.3, -0.25) is 4.79 Å². The SMILES string of the molecule is CCOC(=O)C(C)(C)n1c(=O)[nH]c2cc3ccccc3cc2c1=O. The Morgan fingerprint density at radius 3 is 2.42 bits per heavy atom. The number of fused-ring (bicyclic) bond motifs is 2. The zero-order chi connectivity index (χ0) is 17.5. The molecule has 3 rings (SSSR count). The average molecular weight is 326 g/mol. The molecular formula is C18H18N2O4. The molecule has 0 spiro atoms. The van der Waals surface area contributed by atoms with Gasteiger partial charge in [-0.25, -0.2) is 14.2 Å². The molecule has 1 N–H and O–H groups in total. The summed E-state index contributed by atoms with van der Waals surface area (Å²) in [5.41, 5.74) is -2.11. The molecule has 1 heterocycles. The molecule has 0 fully saturated rings. The van der Waals surface area contributed by atoms with Crippen molar-refractivity contribution in [2.45, 2.75) is 26.3 Å².